The van der Waals surface area contributed by atoms with Crippen molar-refractivity contribution in [2.24, 2.45) is 0 Å². The molecule has 0 saturated carbocycles. The minimum Gasteiger partial charge on any atom is -0.383 e. The number of pyridine rings is 1. The van der Waals surface area contributed by atoms with Crippen LogP contribution in [-0.4, -0.2) is 24.7 Å². The average Bonchev–Trinajstić information content (AvgIpc) is 2.88. The summed E-state index contributed by atoms with van der Waals surface area (Å²) in [7, 11) is 0. The monoisotopic (exact) mass is 282 g/mol. The highest BCUT2D eigenvalue weighted by atomic mass is 15.3. The van der Waals surface area contributed by atoms with Crippen LogP contribution >= 0.6 is 0 Å². The van der Waals surface area contributed by atoms with E-state index < -0.39 is 0 Å². The lowest BCUT2D eigenvalue weighted by Crippen LogP contribution is -2.04. The molecule has 0 bridgehead atoms. The molecule has 0 aliphatic heterocycles. The van der Waals surface area contributed by atoms with Crippen LogP contribution in [0.4, 0.5) is 5.82 Å². The molecule has 0 radical (unpaired) electrons. The van der Waals surface area contributed by atoms with Crippen LogP contribution in [0.25, 0.3) is 22.4 Å². The number of nitrogens with zero attached hydrogens (tertiary/aromatic N) is 5. The fourth-order valence-electron chi connectivity index (χ4n) is 2.31. The van der Waals surface area contributed by atoms with Gasteiger partial charge in [-0.05, 0) is 31.9 Å². The van der Waals surface area contributed by atoms with E-state index in [1.165, 1.54) is 11.9 Å². The van der Waals surface area contributed by atoms with E-state index >= 15 is 0 Å². The summed E-state index contributed by atoms with van der Waals surface area (Å²) in [5.41, 5.74) is 9.49. The Labute approximate surface area is 123 Å². The van der Waals surface area contributed by atoms with Crippen molar-refractivity contribution in [2.45, 2.75) is 33.2 Å². The third-order valence-corrected chi connectivity index (χ3v) is 3.48. The van der Waals surface area contributed by atoms with Crippen molar-refractivity contribution in [3.63, 3.8) is 0 Å². The van der Waals surface area contributed by atoms with Crippen molar-refractivity contribution in [3.05, 3.63) is 30.2 Å². The topological polar surface area (TPSA) is 82.5 Å². The Kier molecular flexibility index (Phi) is 3.29. The quantitative estimate of drug-likeness (QED) is 0.798. The summed E-state index contributed by atoms with van der Waals surface area (Å²) in [5.74, 6) is 0.434. The first-order chi connectivity index (χ1) is 10.1. The summed E-state index contributed by atoms with van der Waals surface area (Å²) in [6, 6.07) is 4.21. The Morgan fingerprint density at radius 3 is 2.62 bits per heavy atom. The van der Waals surface area contributed by atoms with Gasteiger partial charge in [0.25, 0.3) is 0 Å². The smallest absolute Gasteiger partial charge is 0.164 e. The zero-order valence-electron chi connectivity index (χ0n) is 12.4. The lowest BCUT2D eigenvalue weighted by molar-refractivity contribution is 0.547. The van der Waals surface area contributed by atoms with Gasteiger partial charge < -0.3 is 5.73 Å². The van der Waals surface area contributed by atoms with Crippen LogP contribution in [-0.2, 0) is 6.42 Å². The third-order valence-electron chi connectivity index (χ3n) is 3.48. The summed E-state index contributed by atoms with van der Waals surface area (Å²) in [6.07, 6.45) is 4.30. The van der Waals surface area contributed by atoms with E-state index in [0.717, 1.165) is 28.8 Å². The summed E-state index contributed by atoms with van der Waals surface area (Å²) < 4.78 is 1.86. The standard InChI is InChI=1S/C15H18N6/c1-4-10-5-6-11(17-7-10)13-12-14(16)18-8-19-15(12)21(20-13)9(2)3/h5-9H,4H2,1-3H3,(H2,16,18,19). The fourth-order valence-corrected chi connectivity index (χ4v) is 2.31. The Balaban J connectivity index is 2.26. The van der Waals surface area contributed by atoms with Crippen molar-refractivity contribution in [1.29, 1.82) is 0 Å². The Morgan fingerprint density at radius 1 is 1.19 bits per heavy atom. The van der Waals surface area contributed by atoms with E-state index in [1.807, 2.05) is 16.9 Å². The van der Waals surface area contributed by atoms with E-state index in [1.54, 1.807) is 0 Å². The molecule has 3 aromatic heterocycles. The van der Waals surface area contributed by atoms with Gasteiger partial charge in [-0.3, -0.25) is 4.98 Å². The highest BCUT2D eigenvalue weighted by Crippen LogP contribution is 2.30. The molecule has 6 heteroatoms. The molecule has 0 aliphatic rings. The van der Waals surface area contributed by atoms with Crippen LogP contribution in [0.15, 0.2) is 24.7 Å². The highest BCUT2D eigenvalue weighted by molar-refractivity contribution is 5.97. The van der Waals surface area contributed by atoms with Gasteiger partial charge in [-0.2, -0.15) is 5.10 Å². The maximum absolute atomic E-state index is 6.03. The second-order valence-electron chi connectivity index (χ2n) is 5.25. The number of rotatable bonds is 3. The second kappa shape index (κ2) is 5.12. The van der Waals surface area contributed by atoms with Gasteiger partial charge in [0.2, 0.25) is 0 Å². The van der Waals surface area contributed by atoms with Crippen molar-refractivity contribution >= 4 is 16.9 Å². The van der Waals surface area contributed by atoms with Crippen molar-refractivity contribution in [2.75, 3.05) is 5.73 Å². The third kappa shape index (κ3) is 2.22. The Bertz CT molecular complexity index is 773. The minimum atomic E-state index is 0.186. The summed E-state index contributed by atoms with van der Waals surface area (Å²) >= 11 is 0. The predicted molar refractivity (Wildman–Crippen MR) is 82.7 cm³/mol. The normalized spacial score (nSPS) is 11.4. The maximum atomic E-state index is 6.03. The molecule has 2 N–H and O–H groups in total. The molecule has 3 aromatic rings. The molecule has 6 nitrogen and oxygen atoms in total. The van der Waals surface area contributed by atoms with Crippen LogP contribution in [0.2, 0.25) is 0 Å². The van der Waals surface area contributed by atoms with Crippen LogP contribution in [0, 0.1) is 0 Å². The SMILES string of the molecule is CCc1ccc(-c2nn(C(C)C)c3ncnc(N)c23)nc1. The maximum Gasteiger partial charge on any atom is 0.164 e. The van der Waals surface area contributed by atoms with E-state index in [4.69, 9.17) is 5.73 Å². The number of anilines is 1. The number of hydrogen-bond donors (Lipinski definition) is 1. The first kappa shape index (κ1) is 13.5. The van der Waals surface area contributed by atoms with Gasteiger partial charge in [-0.1, -0.05) is 13.0 Å². The molecule has 0 atom stereocenters. The summed E-state index contributed by atoms with van der Waals surface area (Å²) in [4.78, 5) is 12.9. The molecular formula is C15H18N6. The van der Waals surface area contributed by atoms with E-state index in [-0.39, 0.29) is 6.04 Å². The number of fused-ring (bicyclic) bond motifs is 1. The van der Waals surface area contributed by atoms with Gasteiger partial charge in [-0.15, -0.1) is 0 Å². The molecule has 0 aliphatic carbocycles. The molecule has 0 saturated heterocycles. The molecule has 108 valence electrons. The molecule has 3 heterocycles. The van der Waals surface area contributed by atoms with Gasteiger partial charge in [0.05, 0.1) is 11.1 Å². The largest absolute Gasteiger partial charge is 0.383 e. The molecule has 21 heavy (non-hydrogen) atoms. The van der Waals surface area contributed by atoms with Gasteiger partial charge in [-0.25, -0.2) is 14.6 Å². The second-order valence-corrected chi connectivity index (χ2v) is 5.25. The fraction of sp³-hybridized carbons (Fsp3) is 0.333. The average molecular weight is 282 g/mol. The first-order valence-electron chi connectivity index (χ1n) is 7.05. The minimum absolute atomic E-state index is 0.186. The molecule has 0 aromatic carbocycles. The van der Waals surface area contributed by atoms with Crippen molar-refractivity contribution in [1.82, 2.24) is 24.7 Å². The van der Waals surface area contributed by atoms with Gasteiger partial charge >= 0.3 is 0 Å². The molecule has 3 rings (SSSR count). The van der Waals surface area contributed by atoms with Gasteiger partial charge in [0.15, 0.2) is 5.65 Å². The van der Waals surface area contributed by atoms with E-state index in [0.29, 0.717) is 5.82 Å². The van der Waals surface area contributed by atoms with Crippen LogP contribution in [0.5, 0.6) is 0 Å². The van der Waals surface area contributed by atoms with Crippen molar-refractivity contribution < 1.29 is 0 Å². The lowest BCUT2D eigenvalue weighted by Gasteiger charge is -2.05. The molecule has 0 amide bonds. The summed E-state index contributed by atoms with van der Waals surface area (Å²) in [5, 5.41) is 5.41. The van der Waals surface area contributed by atoms with Crippen LogP contribution < -0.4 is 5.73 Å². The zero-order chi connectivity index (χ0) is 15.0. The predicted octanol–water partition coefficient (Wildman–Crippen LogP) is 2.61. The molecule has 0 fully saturated rings. The molecule has 0 spiro atoms. The van der Waals surface area contributed by atoms with E-state index in [9.17, 15) is 0 Å². The number of nitrogens with two attached hydrogens (primary N) is 1. The molecule has 0 unspecified atom stereocenters. The molecular weight excluding hydrogens is 264 g/mol. The van der Waals surface area contributed by atoms with Gasteiger partial charge in [0, 0.05) is 12.2 Å². The Hall–Kier alpha value is -2.50. The van der Waals surface area contributed by atoms with E-state index in [2.05, 4.69) is 46.9 Å². The number of aryl methyl sites for hydroxylation is 1. The highest BCUT2D eigenvalue weighted by Gasteiger charge is 2.18. The number of nitrogen functional groups attached to an aromatic ring is 1. The van der Waals surface area contributed by atoms with Gasteiger partial charge in [0.1, 0.15) is 17.8 Å². The van der Waals surface area contributed by atoms with Crippen molar-refractivity contribution in [3.8, 4) is 11.4 Å². The number of hydrogen-bond acceptors (Lipinski definition) is 5. The zero-order valence-corrected chi connectivity index (χ0v) is 12.4. The summed E-state index contributed by atoms with van der Waals surface area (Å²) in [6.45, 7) is 6.22. The number of aromatic nitrogens is 5. The van der Waals surface area contributed by atoms with Crippen LogP contribution in [0.1, 0.15) is 32.4 Å². The first-order valence-corrected chi connectivity index (χ1v) is 7.05. The van der Waals surface area contributed by atoms with Crippen LogP contribution in [0.3, 0.4) is 0 Å². The lowest BCUT2D eigenvalue weighted by atomic mass is 10.1. The Morgan fingerprint density at radius 2 is 2.00 bits per heavy atom.